The number of hydrogen-bond donors (Lipinski definition) is 2. The Balaban J connectivity index is 2.03. The van der Waals surface area contributed by atoms with Crippen molar-refractivity contribution in [2.45, 2.75) is 18.2 Å². The number of hydrogen-bond acceptors (Lipinski definition) is 4. The van der Waals surface area contributed by atoms with Crippen LogP contribution < -0.4 is 10.5 Å². The maximum atomic E-state index is 12.2. The summed E-state index contributed by atoms with van der Waals surface area (Å²) in [6, 6.07) is 4.83. The van der Waals surface area contributed by atoms with Gasteiger partial charge in [0.25, 0.3) is 0 Å². The third kappa shape index (κ3) is 3.46. The van der Waals surface area contributed by atoms with E-state index in [1.54, 1.807) is 12.1 Å². The second-order valence-electron chi connectivity index (χ2n) is 5.29. The van der Waals surface area contributed by atoms with Crippen molar-refractivity contribution in [1.82, 2.24) is 9.62 Å². The lowest BCUT2D eigenvalue weighted by Crippen LogP contribution is -2.30. The van der Waals surface area contributed by atoms with E-state index in [9.17, 15) is 8.42 Å². The van der Waals surface area contributed by atoms with Crippen LogP contribution in [0.5, 0.6) is 0 Å². The van der Waals surface area contributed by atoms with Crippen LogP contribution in [0.25, 0.3) is 0 Å². The van der Waals surface area contributed by atoms with E-state index in [-0.39, 0.29) is 4.90 Å². The van der Waals surface area contributed by atoms with Crippen LogP contribution in [0.4, 0.5) is 5.69 Å². The van der Waals surface area contributed by atoms with Gasteiger partial charge in [-0.3, -0.25) is 0 Å². The Hall–Kier alpha value is -1.11. The van der Waals surface area contributed by atoms with Gasteiger partial charge in [0.15, 0.2) is 0 Å². The van der Waals surface area contributed by atoms with E-state index in [1.165, 1.54) is 6.07 Å². The first-order valence-corrected chi connectivity index (χ1v) is 7.91. The van der Waals surface area contributed by atoms with Gasteiger partial charge in [0.2, 0.25) is 10.0 Å². The summed E-state index contributed by atoms with van der Waals surface area (Å²) in [5, 5.41) is 0. The van der Waals surface area contributed by atoms with E-state index >= 15 is 0 Å². The number of likely N-dealkylation sites (tertiary alicyclic amines) is 1. The van der Waals surface area contributed by atoms with Crippen LogP contribution >= 0.6 is 0 Å². The van der Waals surface area contributed by atoms with Gasteiger partial charge in [-0.2, -0.15) is 0 Å². The average molecular weight is 283 g/mol. The Morgan fingerprint density at radius 1 is 1.47 bits per heavy atom. The zero-order chi connectivity index (χ0) is 14.0. The first-order chi connectivity index (χ1) is 8.88. The van der Waals surface area contributed by atoms with Crippen molar-refractivity contribution in [2.75, 3.05) is 32.4 Å². The Morgan fingerprint density at radius 2 is 2.21 bits per heavy atom. The number of nitrogens with two attached hydrogens (primary N) is 1. The van der Waals surface area contributed by atoms with E-state index in [0.717, 1.165) is 25.1 Å². The van der Waals surface area contributed by atoms with Gasteiger partial charge in [-0.15, -0.1) is 0 Å². The molecule has 1 unspecified atom stereocenters. The van der Waals surface area contributed by atoms with Crippen molar-refractivity contribution >= 4 is 15.7 Å². The monoisotopic (exact) mass is 283 g/mol. The minimum Gasteiger partial charge on any atom is -0.398 e. The normalized spacial score (nSPS) is 20.8. The zero-order valence-electron chi connectivity index (χ0n) is 11.4. The molecule has 1 fully saturated rings. The summed E-state index contributed by atoms with van der Waals surface area (Å²) in [6.45, 7) is 4.32. The van der Waals surface area contributed by atoms with Crippen LogP contribution in [-0.2, 0) is 10.0 Å². The molecule has 0 bridgehead atoms. The number of nitrogens with zero attached hydrogens (tertiary/aromatic N) is 1. The molecule has 0 amide bonds. The summed E-state index contributed by atoms with van der Waals surface area (Å²) in [5.41, 5.74) is 7.14. The fourth-order valence-electron chi connectivity index (χ4n) is 2.29. The second-order valence-corrected chi connectivity index (χ2v) is 7.05. The molecule has 6 heteroatoms. The zero-order valence-corrected chi connectivity index (χ0v) is 12.2. The molecule has 19 heavy (non-hydrogen) atoms. The van der Waals surface area contributed by atoms with Gasteiger partial charge in [0, 0.05) is 18.8 Å². The molecular weight excluding hydrogens is 262 g/mol. The summed E-state index contributed by atoms with van der Waals surface area (Å²) in [5.74, 6) is 0.391. The van der Waals surface area contributed by atoms with Crippen LogP contribution in [-0.4, -0.2) is 40.0 Å². The molecule has 1 heterocycles. The fraction of sp³-hybridized carbons (Fsp3) is 0.538. The lowest BCUT2D eigenvalue weighted by Gasteiger charge is -2.12. The lowest BCUT2D eigenvalue weighted by molar-refractivity contribution is 0.394. The highest BCUT2D eigenvalue weighted by Crippen LogP contribution is 2.18. The minimum absolute atomic E-state index is 0.238. The highest BCUT2D eigenvalue weighted by Gasteiger charge is 2.22. The van der Waals surface area contributed by atoms with E-state index < -0.39 is 10.0 Å². The molecule has 0 spiro atoms. The van der Waals surface area contributed by atoms with Gasteiger partial charge in [-0.1, -0.05) is 6.07 Å². The molecule has 0 aliphatic carbocycles. The smallest absolute Gasteiger partial charge is 0.240 e. The molecule has 1 atom stereocenters. The summed E-state index contributed by atoms with van der Waals surface area (Å²) in [6.07, 6.45) is 1.04. The maximum Gasteiger partial charge on any atom is 0.240 e. The molecule has 1 saturated heterocycles. The number of aryl methyl sites for hydroxylation is 1. The van der Waals surface area contributed by atoms with Gasteiger partial charge >= 0.3 is 0 Å². The Morgan fingerprint density at radius 3 is 2.79 bits per heavy atom. The predicted octanol–water partition coefficient (Wildman–Crippen LogP) is 0.807. The van der Waals surface area contributed by atoms with Gasteiger partial charge in [0.1, 0.15) is 0 Å². The third-order valence-electron chi connectivity index (χ3n) is 3.61. The molecule has 2 rings (SSSR count). The summed E-state index contributed by atoms with van der Waals surface area (Å²) < 4.78 is 27.0. The Labute approximate surface area is 114 Å². The Bertz CT molecular complexity index is 557. The highest BCUT2D eigenvalue weighted by molar-refractivity contribution is 7.89. The highest BCUT2D eigenvalue weighted by atomic mass is 32.2. The molecule has 0 saturated carbocycles. The predicted molar refractivity (Wildman–Crippen MR) is 76.4 cm³/mol. The fourth-order valence-corrected chi connectivity index (χ4v) is 3.44. The van der Waals surface area contributed by atoms with Crippen LogP contribution in [0.3, 0.4) is 0 Å². The molecule has 106 valence electrons. The van der Waals surface area contributed by atoms with E-state index in [2.05, 4.69) is 16.7 Å². The minimum atomic E-state index is -3.45. The van der Waals surface area contributed by atoms with E-state index in [1.807, 2.05) is 6.92 Å². The van der Waals surface area contributed by atoms with Crippen molar-refractivity contribution < 1.29 is 8.42 Å². The van der Waals surface area contributed by atoms with Crippen molar-refractivity contribution in [3.05, 3.63) is 23.8 Å². The van der Waals surface area contributed by atoms with Crippen molar-refractivity contribution in [3.8, 4) is 0 Å². The molecule has 3 N–H and O–H groups in total. The molecule has 0 aromatic heterocycles. The average Bonchev–Trinajstić information content (AvgIpc) is 2.76. The maximum absolute atomic E-state index is 12.2. The number of sulfonamides is 1. The topological polar surface area (TPSA) is 75.4 Å². The number of rotatable bonds is 4. The first-order valence-electron chi connectivity index (χ1n) is 6.43. The summed E-state index contributed by atoms with van der Waals surface area (Å²) >= 11 is 0. The van der Waals surface area contributed by atoms with Crippen molar-refractivity contribution in [2.24, 2.45) is 5.92 Å². The number of anilines is 1. The number of nitrogens with one attached hydrogen (secondary N) is 1. The van der Waals surface area contributed by atoms with Crippen LogP contribution in [0.2, 0.25) is 0 Å². The molecule has 1 aromatic rings. The summed E-state index contributed by atoms with van der Waals surface area (Å²) in [7, 11) is -1.40. The molecule has 1 aliphatic heterocycles. The van der Waals surface area contributed by atoms with Gasteiger partial charge in [-0.05, 0) is 50.6 Å². The third-order valence-corrected chi connectivity index (χ3v) is 5.03. The second kappa shape index (κ2) is 5.48. The van der Waals surface area contributed by atoms with Crippen LogP contribution in [0.1, 0.15) is 12.0 Å². The van der Waals surface area contributed by atoms with Gasteiger partial charge in [0.05, 0.1) is 4.90 Å². The largest absolute Gasteiger partial charge is 0.398 e. The molecule has 0 radical (unpaired) electrons. The van der Waals surface area contributed by atoms with Crippen LogP contribution in [0.15, 0.2) is 23.1 Å². The Kier molecular flexibility index (Phi) is 4.13. The van der Waals surface area contributed by atoms with Gasteiger partial charge < -0.3 is 10.6 Å². The molecule has 1 aromatic carbocycles. The van der Waals surface area contributed by atoms with Crippen LogP contribution in [0, 0.1) is 12.8 Å². The summed E-state index contributed by atoms with van der Waals surface area (Å²) in [4.78, 5) is 2.45. The lowest BCUT2D eigenvalue weighted by atomic mass is 10.1. The number of nitrogen functional groups attached to an aromatic ring is 1. The number of benzene rings is 1. The van der Waals surface area contributed by atoms with E-state index in [4.69, 9.17) is 5.73 Å². The van der Waals surface area contributed by atoms with Gasteiger partial charge in [-0.25, -0.2) is 13.1 Å². The SMILES string of the molecule is Cc1ccc(S(=O)(=O)NCC2CCN(C)C2)cc1N. The molecule has 5 nitrogen and oxygen atoms in total. The van der Waals surface area contributed by atoms with Crippen molar-refractivity contribution in [1.29, 1.82) is 0 Å². The first kappa shape index (κ1) is 14.3. The van der Waals surface area contributed by atoms with E-state index in [0.29, 0.717) is 18.2 Å². The molecule has 1 aliphatic rings. The quantitative estimate of drug-likeness (QED) is 0.802. The molecular formula is C13H21N3O2S. The van der Waals surface area contributed by atoms with Crippen molar-refractivity contribution in [3.63, 3.8) is 0 Å². The standard InChI is InChI=1S/C13H21N3O2S/c1-10-3-4-12(7-13(10)14)19(17,18)15-8-11-5-6-16(2)9-11/h3-4,7,11,15H,5-6,8-9,14H2,1-2H3.